The number of amides is 1. The monoisotopic (exact) mass is 330 g/mol. The van der Waals surface area contributed by atoms with Crippen LogP contribution >= 0.6 is 0 Å². The maximum Gasteiger partial charge on any atom is 0.249 e. The maximum absolute atomic E-state index is 12.4. The fourth-order valence-corrected chi connectivity index (χ4v) is 3.65. The molecule has 7 nitrogen and oxygen atoms in total. The highest BCUT2D eigenvalue weighted by Crippen LogP contribution is 2.34. The summed E-state index contributed by atoms with van der Waals surface area (Å²) < 4.78 is 13.3. The zero-order valence-electron chi connectivity index (χ0n) is 13.7. The first-order valence-corrected chi connectivity index (χ1v) is 8.36. The molecule has 3 atom stereocenters. The van der Waals surface area contributed by atoms with Gasteiger partial charge in [0.1, 0.15) is 17.7 Å². The van der Waals surface area contributed by atoms with Crippen molar-refractivity contribution >= 4 is 5.91 Å². The lowest BCUT2D eigenvalue weighted by atomic mass is 10.1. The number of fused-ring (bicyclic) bond motifs is 1. The molecule has 4 rings (SSSR count). The molecule has 0 aromatic carbocycles. The summed E-state index contributed by atoms with van der Waals surface area (Å²) in [5.74, 6) is 1.74. The van der Waals surface area contributed by atoms with Gasteiger partial charge in [-0.25, -0.2) is 4.98 Å². The number of rotatable bonds is 5. The van der Waals surface area contributed by atoms with Gasteiger partial charge in [0.05, 0.1) is 25.5 Å². The van der Waals surface area contributed by atoms with E-state index in [-0.39, 0.29) is 18.1 Å². The molecular formula is C17H22N4O3. The Morgan fingerprint density at radius 2 is 2.42 bits per heavy atom. The first-order valence-electron chi connectivity index (χ1n) is 8.36. The standard InChI is InChI=1S/C17H22N4O3/c1-20-7-5-18-16(20)10-19-17(22)15-9-13-14(24-15)4-6-21(13)11-12-3-2-8-23-12/h2-3,5,7-8,13-15H,4,6,9-11H2,1H3,(H,19,22)/t13-,14-,15+/m1/s1. The lowest BCUT2D eigenvalue weighted by Crippen LogP contribution is -2.36. The van der Waals surface area contributed by atoms with Gasteiger partial charge in [-0.2, -0.15) is 0 Å². The summed E-state index contributed by atoms with van der Waals surface area (Å²) in [5, 5.41) is 2.93. The number of aryl methyl sites for hydroxylation is 1. The van der Waals surface area contributed by atoms with Gasteiger partial charge in [0.25, 0.3) is 0 Å². The van der Waals surface area contributed by atoms with Crippen LogP contribution in [0.15, 0.2) is 35.2 Å². The Bertz CT molecular complexity index is 697. The molecule has 2 aromatic heterocycles. The van der Waals surface area contributed by atoms with Gasteiger partial charge < -0.3 is 19.0 Å². The van der Waals surface area contributed by atoms with Crippen molar-refractivity contribution in [3.63, 3.8) is 0 Å². The predicted molar refractivity (Wildman–Crippen MR) is 85.9 cm³/mol. The number of ether oxygens (including phenoxy) is 1. The minimum atomic E-state index is -0.375. The molecule has 2 aromatic rings. The summed E-state index contributed by atoms with van der Waals surface area (Å²) in [6.45, 7) is 2.18. The number of aromatic nitrogens is 2. The van der Waals surface area contributed by atoms with Crippen LogP contribution in [0.5, 0.6) is 0 Å². The van der Waals surface area contributed by atoms with Crippen LogP contribution in [0.25, 0.3) is 0 Å². The maximum atomic E-state index is 12.4. The third-order valence-corrected chi connectivity index (χ3v) is 4.97. The van der Waals surface area contributed by atoms with Crippen LogP contribution in [-0.2, 0) is 29.7 Å². The Labute approximate surface area is 140 Å². The molecule has 2 saturated heterocycles. The van der Waals surface area contributed by atoms with Crippen LogP contribution in [0, 0.1) is 0 Å². The smallest absolute Gasteiger partial charge is 0.249 e. The topological polar surface area (TPSA) is 72.5 Å². The molecule has 0 unspecified atom stereocenters. The summed E-state index contributed by atoms with van der Waals surface area (Å²) in [7, 11) is 1.91. The summed E-state index contributed by atoms with van der Waals surface area (Å²) >= 11 is 0. The second-order valence-electron chi connectivity index (χ2n) is 6.48. The molecule has 0 bridgehead atoms. The van der Waals surface area contributed by atoms with Gasteiger partial charge >= 0.3 is 0 Å². The number of nitrogens with zero attached hydrogens (tertiary/aromatic N) is 3. The van der Waals surface area contributed by atoms with Crippen LogP contribution in [0.3, 0.4) is 0 Å². The lowest BCUT2D eigenvalue weighted by molar-refractivity contribution is -0.132. The van der Waals surface area contributed by atoms with E-state index < -0.39 is 0 Å². The molecule has 0 spiro atoms. The minimum Gasteiger partial charge on any atom is -0.468 e. The SMILES string of the molecule is Cn1ccnc1CNC(=O)[C@@H]1C[C@@H]2[C@@H](CCN2Cc2ccco2)O1. The third kappa shape index (κ3) is 2.97. The number of hydrogen-bond donors (Lipinski definition) is 1. The first-order chi connectivity index (χ1) is 11.7. The molecule has 2 fully saturated rings. The molecule has 0 radical (unpaired) electrons. The Hall–Kier alpha value is -2.12. The van der Waals surface area contributed by atoms with Crippen molar-refractivity contribution in [2.24, 2.45) is 7.05 Å². The molecular weight excluding hydrogens is 308 g/mol. The van der Waals surface area contributed by atoms with Gasteiger partial charge in [-0.1, -0.05) is 0 Å². The van der Waals surface area contributed by atoms with Crippen LogP contribution in [-0.4, -0.2) is 45.2 Å². The zero-order chi connectivity index (χ0) is 16.5. The van der Waals surface area contributed by atoms with Crippen LogP contribution < -0.4 is 5.32 Å². The molecule has 4 heterocycles. The quantitative estimate of drug-likeness (QED) is 0.887. The van der Waals surface area contributed by atoms with E-state index in [0.717, 1.165) is 37.5 Å². The molecule has 0 aliphatic carbocycles. The molecule has 7 heteroatoms. The fourth-order valence-electron chi connectivity index (χ4n) is 3.65. The highest BCUT2D eigenvalue weighted by atomic mass is 16.5. The number of hydrogen-bond acceptors (Lipinski definition) is 5. The van der Waals surface area contributed by atoms with Crippen molar-refractivity contribution in [1.82, 2.24) is 19.8 Å². The molecule has 2 aliphatic rings. The molecule has 1 amide bonds. The van der Waals surface area contributed by atoms with Gasteiger partial charge in [0.15, 0.2) is 0 Å². The average molecular weight is 330 g/mol. The minimum absolute atomic E-state index is 0.0506. The lowest BCUT2D eigenvalue weighted by Gasteiger charge is -2.21. The van der Waals surface area contributed by atoms with E-state index in [9.17, 15) is 4.79 Å². The summed E-state index contributed by atoms with van der Waals surface area (Å²) in [6, 6.07) is 4.18. The van der Waals surface area contributed by atoms with Crippen LogP contribution in [0.1, 0.15) is 24.4 Å². The zero-order valence-corrected chi connectivity index (χ0v) is 13.7. The normalized spacial score (nSPS) is 26.6. The van der Waals surface area contributed by atoms with E-state index in [1.807, 2.05) is 29.9 Å². The Morgan fingerprint density at radius 1 is 1.50 bits per heavy atom. The van der Waals surface area contributed by atoms with Crippen molar-refractivity contribution in [3.8, 4) is 0 Å². The van der Waals surface area contributed by atoms with Crippen molar-refractivity contribution < 1.29 is 13.9 Å². The molecule has 0 saturated carbocycles. The van der Waals surface area contributed by atoms with Gasteiger partial charge in [0.2, 0.25) is 5.91 Å². The average Bonchev–Trinajstić information content (AvgIpc) is 3.32. The second-order valence-corrected chi connectivity index (χ2v) is 6.48. The largest absolute Gasteiger partial charge is 0.468 e. The van der Waals surface area contributed by atoms with E-state index in [0.29, 0.717) is 12.6 Å². The highest BCUT2D eigenvalue weighted by molar-refractivity contribution is 5.81. The van der Waals surface area contributed by atoms with E-state index in [2.05, 4.69) is 15.2 Å². The number of imidazole rings is 1. The Balaban J connectivity index is 1.32. The molecule has 1 N–H and O–H groups in total. The number of nitrogens with one attached hydrogen (secondary N) is 1. The van der Waals surface area contributed by atoms with Crippen LogP contribution in [0.2, 0.25) is 0 Å². The number of carbonyl (C=O) groups excluding carboxylic acids is 1. The van der Waals surface area contributed by atoms with E-state index in [4.69, 9.17) is 9.15 Å². The molecule has 128 valence electrons. The second kappa shape index (κ2) is 6.41. The highest BCUT2D eigenvalue weighted by Gasteiger charge is 2.45. The van der Waals surface area contributed by atoms with Gasteiger partial charge in [0, 0.05) is 38.4 Å². The summed E-state index contributed by atoms with van der Waals surface area (Å²) in [5.41, 5.74) is 0. The van der Waals surface area contributed by atoms with Crippen LogP contribution in [0.4, 0.5) is 0 Å². The van der Waals surface area contributed by atoms with E-state index >= 15 is 0 Å². The van der Waals surface area contributed by atoms with E-state index in [1.54, 1.807) is 12.5 Å². The van der Waals surface area contributed by atoms with Crippen molar-refractivity contribution in [3.05, 3.63) is 42.4 Å². The van der Waals surface area contributed by atoms with Gasteiger partial charge in [-0.3, -0.25) is 9.69 Å². The van der Waals surface area contributed by atoms with Gasteiger partial charge in [-0.05, 0) is 18.6 Å². The predicted octanol–water partition coefficient (Wildman–Crippen LogP) is 1.06. The third-order valence-electron chi connectivity index (χ3n) is 4.97. The number of likely N-dealkylation sites (tertiary alicyclic amines) is 1. The Morgan fingerprint density at radius 3 is 3.17 bits per heavy atom. The van der Waals surface area contributed by atoms with Crippen molar-refractivity contribution in [2.45, 2.75) is 44.2 Å². The van der Waals surface area contributed by atoms with Gasteiger partial charge in [-0.15, -0.1) is 0 Å². The summed E-state index contributed by atoms with van der Waals surface area (Å²) in [6.07, 6.45) is 6.76. The fraction of sp³-hybridized carbons (Fsp3) is 0.529. The summed E-state index contributed by atoms with van der Waals surface area (Å²) in [4.78, 5) is 19.0. The van der Waals surface area contributed by atoms with E-state index in [1.165, 1.54) is 0 Å². The van der Waals surface area contributed by atoms with Crippen molar-refractivity contribution in [1.29, 1.82) is 0 Å². The molecule has 2 aliphatic heterocycles. The number of furan rings is 1. The number of carbonyl (C=O) groups is 1. The Kier molecular flexibility index (Phi) is 4.12. The molecule has 24 heavy (non-hydrogen) atoms. The van der Waals surface area contributed by atoms with Crippen molar-refractivity contribution in [2.75, 3.05) is 6.54 Å². The first kappa shape index (κ1) is 15.4.